The van der Waals surface area contributed by atoms with E-state index in [4.69, 9.17) is 4.74 Å². The van der Waals surface area contributed by atoms with E-state index in [1.807, 2.05) is 0 Å². The second-order valence-corrected chi connectivity index (χ2v) is 11.5. The normalized spacial score (nSPS) is 50.2. The van der Waals surface area contributed by atoms with Crippen LogP contribution in [0, 0.1) is 46.3 Å². The predicted octanol–water partition coefficient (Wildman–Crippen LogP) is 4.57. The molecule has 4 fully saturated rings. The van der Waals surface area contributed by atoms with Crippen LogP contribution in [0.1, 0.15) is 85.0 Å². The number of aliphatic hydroxyl groups excluding tert-OH is 2. The van der Waals surface area contributed by atoms with Crippen molar-refractivity contribution in [2.45, 2.75) is 97.2 Å². The molecule has 4 rings (SSSR count). The highest BCUT2D eigenvalue weighted by Gasteiger charge is 2.63. The van der Waals surface area contributed by atoms with Crippen LogP contribution >= 0.6 is 0 Å². The van der Waals surface area contributed by atoms with Crippen molar-refractivity contribution in [3.05, 3.63) is 0 Å². The first kappa shape index (κ1) is 21.6. The van der Waals surface area contributed by atoms with Crippen LogP contribution in [-0.2, 0) is 9.53 Å². The van der Waals surface area contributed by atoms with E-state index in [1.54, 1.807) is 0 Å². The summed E-state index contributed by atoms with van der Waals surface area (Å²) in [5.74, 6) is 3.36. The minimum absolute atomic E-state index is 0.0198. The molecule has 166 valence electrons. The highest BCUT2D eigenvalue weighted by Crippen LogP contribution is 2.68. The number of methoxy groups -OCH3 is 1. The minimum atomic E-state index is -0.246. The fourth-order valence-corrected chi connectivity index (χ4v) is 8.81. The standard InChI is InChI=1S/C25H42O4/c1-15(5-10-23(28)29-4)19-8-9-20-18-7-6-16-13-17(26)11-12-24(16,2)21(18)14-22(27)25(19,20)3/h15-22,26-27H,5-14H2,1-4H3/t15-,16-,17-,18+,19?,20+,21+,22+,24+,25-/m1/s1. The molecule has 4 heteroatoms. The van der Waals surface area contributed by atoms with Crippen LogP contribution in [-0.4, -0.2) is 35.5 Å². The predicted molar refractivity (Wildman–Crippen MR) is 113 cm³/mol. The summed E-state index contributed by atoms with van der Waals surface area (Å²) in [5, 5.41) is 21.8. The SMILES string of the molecule is COC(=O)CC[C@@H](C)C1CC[C@H]2[C@@H]3CC[C@@H]4C[C@H](O)CC[C@]4(C)[C@H]3C[C@H](O)[C@]12C. The van der Waals surface area contributed by atoms with Crippen LogP contribution in [0.15, 0.2) is 0 Å². The molecule has 0 heterocycles. The van der Waals surface area contributed by atoms with Crippen LogP contribution in [0.4, 0.5) is 0 Å². The van der Waals surface area contributed by atoms with Crippen molar-refractivity contribution in [3.63, 3.8) is 0 Å². The number of fused-ring (bicyclic) bond motifs is 5. The Hall–Kier alpha value is -0.610. The summed E-state index contributed by atoms with van der Waals surface area (Å²) in [6.07, 6.45) is 9.86. The van der Waals surface area contributed by atoms with Crippen LogP contribution in [0.25, 0.3) is 0 Å². The summed E-state index contributed by atoms with van der Waals surface area (Å²) in [7, 11) is 1.46. The summed E-state index contributed by atoms with van der Waals surface area (Å²) >= 11 is 0. The lowest BCUT2D eigenvalue weighted by Crippen LogP contribution is -2.58. The van der Waals surface area contributed by atoms with Crippen LogP contribution in [0.3, 0.4) is 0 Å². The molecule has 0 aromatic heterocycles. The average molecular weight is 407 g/mol. The number of rotatable bonds is 4. The van der Waals surface area contributed by atoms with E-state index >= 15 is 0 Å². The summed E-state index contributed by atoms with van der Waals surface area (Å²) in [5.41, 5.74) is 0.271. The van der Waals surface area contributed by atoms with Crippen molar-refractivity contribution in [1.29, 1.82) is 0 Å². The molecule has 10 atom stereocenters. The zero-order valence-electron chi connectivity index (χ0n) is 18.9. The van der Waals surface area contributed by atoms with Gasteiger partial charge in [0.1, 0.15) is 0 Å². The lowest BCUT2D eigenvalue weighted by molar-refractivity contribution is -0.175. The Morgan fingerprint density at radius 3 is 2.55 bits per heavy atom. The van der Waals surface area contributed by atoms with Crippen molar-refractivity contribution < 1.29 is 19.7 Å². The van der Waals surface area contributed by atoms with Gasteiger partial charge in [0.05, 0.1) is 19.3 Å². The van der Waals surface area contributed by atoms with E-state index < -0.39 is 0 Å². The number of aliphatic hydroxyl groups is 2. The Morgan fingerprint density at radius 1 is 1.07 bits per heavy atom. The maximum absolute atomic E-state index is 11.6. The fraction of sp³-hybridized carbons (Fsp3) is 0.960. The third kappa shape index (κ3) is 3.37. The molecule has 1 unspecified atom stereocenters. The molecule has 0 radical (unpaired) electrons. The third-order valence-electron chi connectivity index (χ3n) is 10.5. The van der Waals surface area contributed by atoms with Gasteiger partial charge in [0.25, 0.3) is 0 Å². The Balaban J connectivity index is 1.53. The summed E-state index contributed by atoms with van der Waals surface area (Å²) in [4.78, 5) is 11.6. The van der Waals surface area contributed by atoms with E-state index in [-0.39, 0.29) is 23.6 Å². The molecular weight excluding hydrogens is 364 g/mol. The van der Waals surface area contributed by atoms with Crippen molar-refractivity contribution >= 4 is 5.97 Å². The zero-order valence-corrected chi connectivity index (χ0v) is 18.9. The fourth-order valence-electron chi connectivity index (χ4n) is 8.81. The summed E-state index contributed by atoms with van der Waals surface area (Å²) in [6.45, 7) is 7.12. The number of hydrogen-bond donors (Lipinski definition) is 2. The maximum Gasteiger partial charge on any atom is 0.305 e. The molecule has 0 aliphatic heterocycles. The Bertz CT molecular complexity index is 620. The van der Waals surface area contributed by atoms with Crippen molar-refractivity contribution in [3.8, 4) is 0 Å². The van der Waals surface area contributed by atoms with E-state index in [1.165, 1.54) is 32.8 Å². The smallest absolute Gasteiger partial charge is 0.305 e. The number of carbonyl (C=O) groups excluding carboxylic acids is 1. The minimum Gasteiger partial charge on any atom is -0.469 e. The molecule has 2 N–H and O–H groups in total. The van der Waals surface area contributed by atoms with Gasteiger partial charge in [0.15, 0.2) is 0 Å². The molecule has 4 nitrogen and oxygen atoms in total. The molecule has 0 bridgehead atoms. The van der Waals surface area contributed by atoms with Gasteiger partial charge in [-0.2, -0.15) is 0 Å². The summed E-state index contributed by atoms with van der Waals surface area (Å²) in [6, 6.07) is 0. The lowest BCUT2D eigenvalue weighted by atomic mass is 9.43. The molecule has 29 heavy (non-hydrogen) atoms. The van der Waals surface area contributed by atoms with Gasteiger partial charge in [-0.3, -0.25) is 4.79 Å². The molecule has 0 saturated heterocycles. The molecule has 0 aromatic rings. The number of ether oxygens (including phenoxy) is 1. The molecule has 4 saturated carbocycles. The van der Waals surface area contributed by atoms with Crippen molar-refractivity contribution in [1.82, 2.24) is 0 Å². The van der Waals surface area contributed by atoms with Gasteiger partial charge in [-0.1, -0.05) is 20.8 Å². The van der Waals surface area contributed by atoms with Gasteiger partial charge < -0.3 is 14.9 Å². The van der Waals surface area contributed by atoms with Gasteiger partial charge in [-0.05, 0) is 104 Å². The Morgan fingerprint density at radius 2 is 1.83 bits per heavy atom. The highest BCUT2D eigenvalue weighted by atomic mass is 16.5. The van der Waals surface area contributed by atoms with E-state index in [0.29, 0.717) is 41.4 Å². The highest BCUT2D eigenvalue weighted by molar-refractivity contribution is 5.69. The zero-order chi connectivity index (χ0) is 21.0. The van der Waals surface area contributed by atoms with Crippen molar-refractivity contribution in [2.24, 2.45) is 46.3 Å². The van der Waals surface area contributed by atoms with Gasteiger partial charge in [0.2, 0.25) is 0 Å². The molecule has 0 spiro atoms. The molecule has 0 amide bonds. The second-order valence-electron chi connectivity index (χ2n) is 11.5. The van der Waals surface area contributed by atoms with Crippen molar-refractivity contribution in [2.75, 3.05) is 7.11 Å². The van der Waals surface area contributed by atoms with Gasteiger partial charge in [-0.15, -0.1) is 0 Å². The first-order valence-corrected chi connectivity index (χ1v) is 12.1. The first-order valence-electron chi connectivity index (χ1n) is 12.1. The largest absolute Gasteiger partial charge is 0.469 e. The second kappa shape index (κ2) is 7.82. The van der Waals surface area contributed by atoms with Gasteiger partial charge >= 0.3 is 5.97 Å². The first-order chi connectivity index (χ1) is 13.7. The van der Waals surface area contributed by atoms with Gasteiger partial charge in [-0.25, -0.2) is 0 Å². The van der Waals surface area contributed by atoms with Crippen LogP contribution in [0.2, 0.25) is 0 Å². The van der Waals surface area contributed by atoms with Crippen LogP contribution in [0.5, 0.6) is 0 Å². The quantitative estimate of drug-likeness (QED) is 0.671. The molecule has 4 aliphatic rings. The maximum atomic E-state index is 11.6. The van der Waals surface area contributed by atoms with E-state index in [0.717, 1.165) is 38.0 Å². The third-order valence-corrected chi connectivity index (χ3v) is 10.5. The number of hydrogen-bond acceptors (Lipinski definition) is 4. The van der Waals surface area contributed by atoms with E-state index in [9.17, 15) is 15.0 Å². The van der Waals surface area contributed by atoms with Crippen LogP contribution < -0.4 is 0 Å². The topological polar surface area (TPSA) is 66.8 Å². The molecular formula is C25H42O4. The molecule has 0 aromatic carbocycles. The number of carbonyl (C=O) groups is 1. The Kier molecular flexibility index (Phi) is 5.83. The Labute approximate surface area is 176 Å². The van der Waals surface area contributed by atoms with Gasteiger partial charge in [0, 0.05) is 6.42 Å². The molecule has 4 aliphatic carbocycles. The summed E-state index contributed by atoms with van der Waals surface area (Å²) < 4.78 is 4.85. The monoisotopic (exact) mass is 406 g/mol. The average Bonchev–Trinajstić information content (AvgIpc) is 3.06. The van der Waals surface area contributed by atoms with E-state index in [2.05, 4.69) is 20.8 Å². The number of esters is 1. The lowest BCUT2D eigenvalue weighted by Gasteiger charge is -2.62.